The summed E-state index contributed by atoms with van der Waals surface area (Å²) in [7, 11) is 0. The van der Waals surface area contributed by atoms with Crippen molar-refractivity contribution in [2.24, 2.45) is 0 Å². The van der Waals surface area contributed by atoms with Gasteiger partial charge in [0.1, 0.15) is 5.82 Å². The summed E-state index contributed by atoms with van der Waals surface area (Å²) in [4.78, 5) is 28.8. The Balaban J connectivity index is 1.31. The number of hydrogen-bond donors (Lipinski definition) is 1. The largest absolute Gasteiger partial charge is 0.341 e. The molecule has 0 radical (unpaired) electrons. The number of benzene rings is 1. The van der Waals surface area contributed by atoms with Crippen LogP contribution in [0.15, 0.2) is 48.8 Å². The maximum absolute atomic E-state index is 12.4. The highest BCUT2D eigenvalue weighted by atomic mass is 16.2. The molecule has 1 aliphatic rings. The molecule has 0 spiro atoms. The number of nitrogens with one attached hydrogen (secondary N) is 1. The van der Waals surface area contributed by atoms with Crippen LogP contribution in [0.2, 0.25) is 0 Å². The minimum absolute atomic E-state index is 0.177. The number of piperazine rings is 1. The van der Waals surface area contributed by atoms with Gasteiger partial charge in [0.15, 0.2) is 0 Å². The molecule has 128 valence electrons. The normalized spacial score (nSPS) is 15.6. The molecule has 3 heterocycles. The summed E-state index contributed by atoms with van der Waals surface area (Å²) in [5, 5.41) is 0. The standard InChI is InChI=1S/C19H21N5O/c25-19(12-15-4-3-7-20-13-15)24-10-8-23(9-11-24)14-18-21-16-5-1-2-6-17(16)22-18/h1-7,13H,8-12,14H2,(H,21,22). The molecule has 1 aromatic carbocycles. The Morgan fingerprint density at radius 2 is 1.92 bits per heavy atom. The van der Waals surface area contributed by atoms with E-state index in [1.165, 1.54) is 0 Å². The van der Waals surface area contributed by atoms with Crippen molar-refractivity contribution >= 4 is 16.9 Å². The first-order chi connectivity index (χ1) is 12.3. The van der Waals surface area contributed by atoms with Crippen molar-refractivity contribution in [3.8, 4) is 0 Å². The molecule has 0 saturated carbocycles. The van der Waals surface area contributed by atoms with Gasteiger partial charge < -0.3 is 9.88 Å². The van der Waals surface area contributed by atoms with Crippen molar-refractivity contribution in [3.63, 3.8) is 0 Å². The Morgan fingerprint density at radius 1 is 1.08 bits per heavy atom. The average Bonchev–Trinajstić information content (AvgIpc) is 3.05. The third kappa shape index (κ3) is 3.69. The first-order valence-corrected chi connectivity index (χ1v) is 8.60. The third-order valence-electron chi connectivity index (χ3n) is 4.61. The van der Waals surface area contributed by atoms with Gasteiger partial charge in [0, 0.05) is 38.6 Å². The Labute approximate surface area is 146 Å². The average molecular weight is 335 g/mol. The molecule has 1 saturated heterocycles. The molecule has 0 bridgehead atoms. The van der Waals surface area contributed by atoms with Crippen LogP contribution in [0.4, 0.5) is 0 Å². The second-order valence-corrected chi connectivity index (χ2v) is 6.40. The molecule has 1 amide bonds. The number of carbonyl (C=O) groups is 1. The fraction of sp³-hybridized carbons (Fsp3) is 0.316. The fourth-order valence-corrected chi connectivity index (χ4v) is 3.24. The van der Waals surface area contributed by atoms with Crippen LogP contribution in [-0.2, 0) is 17.8 Å². The van der Waals surface area contributed by atoms with Crippen molar-refractivity contribution in [1.82, 2.24) is 24.8 Å². The van der Waals surface area contributed by atoms with Crippen molar-refractivity contribution in [1.29, 1.82) is 0 Å². The lowest BCUT2D eigenvalue weighted by molar-refractivity contribution is -0.132. The van der Waals surface area contributed by atoms with Crippen LogP contribution < -0.4 is 0 Å². The highest BCUT2D eigenvalue weighted by Gasteiger charge is 2.21. The number of nitrogens with zero attached hydrogens (tertiary/aromatic N) is 4. The number of amides is 1. The van der Waals surface area contributed by atoms with Crippen LogP contribution in [0.3, 0.4) is 0 Å². The number of rotatable bonds is 4. The van der Waals surface area contributed by atoms with Gasteiger partial charge in [0.05, 0.1) is 24.0 Å². The van der Waals surface area contributed by atoms with E-state index >= 15 is 0 Å². The number of para-hydroxylation sites is 2. The molecule has 0 unspecified atom stereocenters. The molecule has 1 aliphatic heterocycles. The molecule has 25 heavy (non-hydrogen) atoms. The monoisotopic (exact) mass is 335 g/mol. The van der Waals surface area contributed by atoms with Gasteiger partial charge in [0.2, 0.25) is 5.91 Å². The lowest BCUT2D eigenvalue weighted by Crippen LogP contribution is -2.48. The van der Waals surface area contributed by atoms with Gasteiger partial charge in [-0.3, -0.25) is 14.7 Å². The number of aromatic nitrogens is 3. The van der Waals surface area contributed by atoms with Gasteiger partial charge in [0.25, 0.3) is 0 Å². The lowest BCUT2D eigenvalue weighted by Gasteiger charge is -2.34. The molecular formula is C19H21N5O. The first-order valence-electron chi connectivity index (χ1n) is 8.60. The number of carbonyl (C=O) groups excluding carboxylic acids is 1. The Kier molecular flexibility index (Phi) is 4.43. The lowest BCUT2D eigenvalue weighted by atomic mass is 10.2. The van der Waals surface area contributed by atoms with Gasteiger partial charge in [-0.2, -0.15) is 0 Å². The van der Waals surface area contributed by atoms with E-state index in [1.807, 2.05) is 41.3 Å². The van der Waals surface area contributed by atoms with Crippen molar-refractivity contribution in [2.75, 3.05) is 26.2 Å². The second kappa shape index (κ2) is 7.03. The maximum atomic E-state index is 12.4. The Morgan fingerprint density at radius 3 is 2.68 bits per heavy atom. The molecule has 2 aromatic heterocycles. The maximum Gasteiger partial charge on any atom is 0.227 e. The molecule has 3 aromatic rings. The summed E-state index contributed by atoms with van der Waals surface area (Å²) >= 11 is 0. The summed E-state index contributed by atoms with van der Waals surface area (Å²) in [6.45, 7) is 4.06. The highest BCUT2D eigenvalue weighted by molar-refractivity contribution is 5.78. The van der Waals surface area contributed by atoms with Crippen LogP contribution in [-0.4, -0.2) is 56.8 Å². The van der Waals surface area contributed by atoms with Crippen molar-refractivity contribution in [3.05, 3.63) is 60.2 Å². The number of pyridine rings is 1. The molecule has 6 heteroatoms. The number of imidazole rings is 1. The molecular weight excluding hydrogens is 314 g/mol. The molecule has 0 aliphatic carbocycles. The minimum Gasteiger partial charge on any atom is -0.341 e. The van der Waals surface area contributed by atoms with E-state index < -0.39 is 0 Å². The zero-order valence-corrected chi connectivity index (χ0v) is 14.1. The first kappa shape index (κ1) is 15.8. The van der Waals surface area contributed by atoms with Crippen LogP contribution >= 0.6 is 0 Å². The summed E-state index contributed by atoms with van der Waals surface area (Å²) in [5.41, 5.74) is 3.04. The second-order valence-electron chi connectivity index (χ2n) is 6.40. The van der Waals surface area contributed by atoms with E-state index in [-0.39, 0.29) is 5.91 Å². The van der Waals surface area contributed by atoms with Gasteiger partial charge in [-0.1, -0.05) is 18.2 Å². The molecule has 1 fully saturated rings. The van der Waals surface area contributed by atoms with E-state index in [0.29, 0.717) is 6.42 Å². The van der Waals surface area contributed by atoms with Gasteiger partial charge in [-0.05, 0) is 23.8 Å². The molecule has 6 nitrogen and oxygen atoms in total. The number of fused-ring (bicyclic) bond motifs is 1. The summed E-state index contributed by atoms with van der Waals surface area (Å²) in [6, 6.07) is 11.9. The molecule has 4 rings (SSSR count). The van der Waals surface area contributed by atoms with Gasteiger partial charge in [-0.25, -0.2) is 4.98 Å². The van der Waals surface area contributed by atoms with Crippen molar-refractivity contribution in [2.45, 2.75) is 13.0 Å². The van der Waals surface area contributed by atoms with Gasteiger partial charge >= 0.3 is 0 Å². The van der Waals surface area contributed by atoms with E-state index in [4.69, 9.17) is 0 Å². The van der Waals surface area contributed by atoms with Crippen LogP contribution in [0, 0.1) is 0 Å². The Bertz CT molecular complexity index is 819. The van der Waals surface area contributed by atoms with Crippen LogP contribution in [0.5, 0.6) is 0 Å². The summed E-state index contributed by atoms with van der Waals surface area (Å²) < 4.78 is 0. The summed E-state index contributed by atoms with van der Waals surface area (Å²) in [5.74, 6) is 1.16. The van der Waals surface area contributed by atoms with E-state index in [9.17, 15) is 4.79 Å². The van der Waals surface area contributed by atoms with E-state index in [1.54, 1.807) is 12.4 Å². The predicted molar refractivity (Wildman–Crippen MR) is 95.9 cm³/mol. The summed E-state index contributed by atoms with van der Waals surface area (Å²) in [6.07, 6.45) is 3.91. The number of aromatic amines is 1. The smallest absolute Gasteiger partial charge is 0.227 e. The molecule has 0 atom stereocenters. The fourth-order valence-electron chi connectivity index (χ4n) is 3.24. The third-order valence-corrected chi connectivity index (χ3v) is 4.61. The molecule has 1 N–H and O–H groups in total. The van der Waals surface area contributed by atoms with E-state index in [0.717, 1.165) is 55.1 Å². The quantitative estimate of drug-likeness (QED) is 0.790. The highest BCUT2D eigenvalue weighted by Crippen LogP contribution is 2.13. The minimum atomic E-state index is 0.177. The number of hydrogen-bond acceptors (Lipinski definition) is 4. The van der Waals surface area contributed by atoms with Crippen molar-refractivity contribution < 1.29 is 4.79 Å². The van der Waals surface area contributed by atoms with E-state index in [2.05, 4.69) is 19.9 Å². The zero-order chi connectivity index (χ0) is 17.1. The SMILES string of the molecule is O=C(Cc1cccnc1)N1CCN(Cc2nc3ccccc3[nH]2)CC1. The number of H-pyrrole nitrogens is 1. The van der Waals surface area contributed by atoms with Gasteiger partial charge in [-0.15, -0.1) is 0 Å². The Hall–Kier alpha value is -2.73. The zero-order valence-electron chi connectivity index (χ0n) is 14.1. The van der Waals surface area contributed by atoms with Crippen LogP contribution in [0.25, 0.3) is 11.0 Å². The predicted octanol–water partition coefficient (Wildman–Crippen LogP) is 1.84. The van der Waals surface area contributed by atoms with Crippen LogP contribution in [0.1, 0.15) is 11.4 Å². The topological polar surface area (TPSA) is 65.1 Å².